The molecule has 0 bridgehead atoms. The predicted molar refractivity (Wildman–Crippen MR) is 81.9 cm³/mol. The van der Waals surface area contributed by atoms with Gasteiger partial charge in [0.05, 0.1) is 30.6 Å². The van der Waals surface area contributed by atoms with Crippen molar-refractivity contribution in [2.24, 2.45) is 0 Å². The SMILES string of the molecule is CCc1occc1C(=O)N1CC(C)(C)OC2(CCCOC2)C1. The van der Waals surface area contributed by atoms with Gasteiger partial charge in [-0.1, -0.05) is 6.92 Å². The van der Waals surface area contributed by atoms with Crippen LogP contribution < -0.4 is 0 Å². The molecule has 2 saturated heterocycles. The number of carbonyl (C=O) groups excluding carboxylic acids is 1. The number of aryl methyl sites for hydroxylation is 1. The second kappa shape index (κ2) is 5.70. The molecule has 2 fully saturated rings. The Morgan fingerprint density at radius 2 is 2.18 bits per heavy atom. The third kappa shape index (κ3) is 2.92. The van der Waals surface area contributed by atoms with Crippen LogP contribution >= 0.6 is 0 Å². The molecule has 0 aliphatic carbocycles. The number of hydrogen-bond acceptors (Lipinski definition) is 4. The van der Waals surface area contributed by atoms with Gasteiger partial charge >= 0.3 is 0 Å². The quantitative estimate of drug-likeness (QED) is 0.843. The fourth-order valence-corrected chi connectivity index (χ4v) is 3.66. The molecule has 0 aromatic carbocycles. The molecule has 22 heavy (non-hydrogen) atoms. The first kappa shape index (κ1) is 15.6. The van der Waals surface area contributed by atoms with Gasteiger partial charge in [-0.25, -0.2) is 0 Å². The zero-order chi connectivity index (χ0) is 15.8. The molecule has 1 atom stereocenters. The highest BCUT2D eigenvalue weighted by Crippen LogP contribution is 2.35. The lowest BCUT2D eigenvalue weighted by Gasteiger charge is -2.51. The van der Waals surface area contributed by atoms with Gasteiger partial charge in [-0.2, -0.15) is 0 Å². The molecule has 1 aromatic heterocycles. The zero-order valence-corrected chi connectivity index (χ0v) is 13.7. The third-order valence-corrected chi connectivity index (χ3v) is 4.41. The first-order valence-electron chi connectivity index (χ1n) is 8.08. The number of ether oxygens (including phenoxy) is 2. The summed E-state index contributed by atoms with van der Waals surface area (Å²) in [7, 11) is 0. The highest BCUT2D eigenvalue weighted by molar-refractivity contribution is 5.95. The number of furan rings is 1. The summed E-state index contributed by atoms with van der Waals surface area (Å²) in [5.74, 6) is 0.787. The molecule has 2 aliphatic heterocycles. The summed E-state index contributed by atoms with van der Waals surface area (Å²) in [6, 6.07) is 1.77. The van der Waals surface area contributed by atoms with Crippen molar-refractivity contribution < 1.29 is 18.7 Å². The van der Waals surface area contributed by atoms with E-state index in [9.17, 15) is 4.79 Å². The van der Waals surface area contributed by atoms with E-state index in [1.165, 1.54) is 0 Å². The Kier molecular flexibility index (Phi) is 4.03. The maximum atomic E-state index is 12.9. The van der Waals surface area contributed by atoms with Crippen LogP contribution in [0.4, 0.5) is 0 Å². The molecular weight excluding hydrogens is 282 g/mol. The van der Waals surface area contributed by atoms with Crippen LogP contribution in [0.2, 0.25) is 0 Å². The second-order valence-electron chi connectivity index (χ2n) is 6.97. The lowest BCUT2D eigenvalue weighted by molar-refractivity contribution is -0.225. The van der Waals surface area contributed by atoms with E-state index >= 15 is 0 Å². The molecule has 0 N–H and O–H groups in total. The van der Waals surface area contributed by atoms with E-state index in [0.29, 0.717) is 25.3 Å². The largest absolute Gasteiger partial charge is 0.469 e. The van der Waals surface area contributed by atoms with Crippen molar-refractivity contribution in [3.63, 3.8) is 0 Å². The number of amides is 1. The van der Waals surface area contributed by atoms with Gasteiger partial charge in [0.2, 0.25) is 0 Å². The molecule has 122 valence electrons. The van der Waals surface area contributed by atoms with Crippen LogP contribution in [0, 0.1) is 0 Å². The Morgan fingerprint density at radius 3 is 2.86 bits per heavy atom. The number of nitrogens with zero attached hydrogens (tertiary/aromatic N) is 1. The minimum atomic E-state index is -0.370. The summed E-state index contributed by atoms with van der Waals surface area (Å²) >= 11 is 0. The number of morpholine rings is 1. The Morgan fingerprint density at radius 1 is 1.36 bits per heavy atom. The van der Waals surface area contributed by atoms with Crippen molar-refractivity contribution in [3.05, 3.63) is 23.7 Å². The fourth-order valence-electron chi connectivity index (χ4n) is 3.66. The molecule has 1 spiro atoms. The van der Waals surface area contributed by atoms with Gasteiger partial charge in [0.15, 0.2) is 0 Å². The molecule has 2 aliphatic rings. The van der Waals surface area contributed by atoms with Crippen molar-refractivity contribution in [2.45, 2.75) is 51.2 Å². The Hall–Kier alpha value is -1.33. The maximum absolute atomic E-state index is 12.9. The van der Waals surface area contributed by atoms with E-state index < -0.39 is 0 Å². The van der Waals surface area contributed by atoms with Gasteiger partial charge in [-0.05, 0) is 32.8 Å². The average molecular weight is 307 g/mol. The molecule has 3 heterocycles. The van der Waals surface area contributed by atoms with E-state index in [4.69, 9.17) is 13.9 Å². The van der Waals surface area contributed by atoms with E-state index in [0.717, 1.165) is 31.6 Å². The highest BCUT2D eigenvalue weighted by Gasteiger charge is 2.47. The Labute approximate surface area is 131 Å². The first-order chi connectivity index (χ1) is 10.4. The fraction of sp³-hybridized carbons (Fsp3) is 0.706. The lowest BCUT2D eigenvalue weighted by Crippen LogP contribution is -2.63. The van der Waals surface area contributed by atoms with Gasteiger partial charge in [0.1, 0.15) is 11.4 Å². The molecule has 0 radical (unpaired) electrons. The van der Waals surface area contributed by atoms with Crippen molar-refractivity contribution in [1.82, 2.24) is 4.90 Å². The van der Waals surface area contributed by atoms with Gasteiger partial charge in [0, 0.05) is 19.6 Å². The van der Waals surface area contributed by atoms with Crippen LogP contribution in [0.15, 0.2) is 16.7 Å². The van der Waals surface area contributed by atoms with Crippen LogP contribution in [-0.4, -0.2) is 48.3 Å². The lowest BCUT2D eigenvalue weighted by atomic mass is 9.90. The summed E-state index contributed by atoms with van der Waals surface area (Å²) in [5.41, 5.74) is -0.0664. The van der Waals surface area contributed by atoms with Crippen molar-refractivity contribution in [2.75, 3.05) is 26.3 Å². The zero-order valence-electron chi connectivity index (χ0n) is 13.7. The van der Waals surface area contributed by atoms with Crippen LogP contribution in [0.5, 0.6) is 0 Å². The van der Waals surface area contributed by atoms with Gasteiger partial charge in [-0.15, -0.1) is 0 Å². The van der Waals surface area contributed by atoms with Gasteiger partial charge < -0.3 is 18.8 Å². The third-order valence-electron chi connectivity index (χ3n) is 4.41. The van der Waals surface area contributed by atoms with E-state index in [-0.39, 0.29) is 17.1 Å². The molecule has 3 rings (SSSR count). The maximum Gasteiger partial charge on any atom is 0.257 e. The first-order valence-corrected chi connectivity index (χ1v) is 8.08. The van der Waals surface area contributed by atoms with Crippen LogP contribution in [0.1, 0.15) is 49.7 Å². The molecule has 5 heteroatoms. The van der Waals surface area contributed by atoms with Crippen LogP contribution in [-0.2, 0) is 15.9 Å². The average Bonchev–Trinajstić information content (AvgIpc) is 2.93. The molecule has 5 nitrogen and oxygen atoms in total. The Bertz CT molecular complexity index is 543. The summed E-state index contributed by atoms with van der Waals surface area (Å²) in [4.78, 5) is 14.8. The molecule has 1 unspecified atom stereocenters. The van der Waals surface area contributed by atoms with Crippen LogP contribution in [0.25, 0.3) is 0 Å². The molecular formula is C17H25NO4. The summed E-state index contributed by atoms with van der Waals surface area (Å²) in [6.07, 6.45) is 4.23. The molecule has 1 amide bonds. The normalized spacial score (nSPS) is 28.0. The molecule has 0 saturated carbocycles. The monoisotopic (exact) mass is 307 g/mol. The Balaban J connectivity index is 1.84. The van der Waals surface area contributed by atoms with E-state index in [1.54, 1.807) is 12.3 Å². The van der Waals surface area contributed by atoms with Crippen molar-refractivity contribution in [1.29, 1.82) is 0 Å². The number of rotatable bonds is 2. The second-order valence-corrected chi connectivity index (χ2v) is 6.97. The van der Waals surface area contributed by atoms with Gasteiger partial charge in [0.25, 0.3) is 5.91 Å². The topological polar surface area (TPSA) is 51.9 Å². The summed E-state index contributed by atoms with van der Waals surface area (Å²) in [6.45, 7) is 8.59. The minimum absolute atomic E-state index is 0.0342. The predicted octanol–water partition coefficient (Wildman–Crippen LogP) is 2.64. The van der Waals surface area contributed by atoms with Crippen molar-refractivity contribution in [3.8, 4) is 0 Å². The van der Waals surface area contributed by atoms with Crippen molar-refractivity contribution >= 4 is 5.91 Å². The minimum Gasteiger partial charge on any atom is -0.469 e. The number of carbonyl (C=O) groups is 1. The summed E-state index contributed by atoms with van der Waals surface area (Å²) in [5, 5.41) is 0. The van der Waals surface area contributed by atoms with Gasteiger partial charge in [-0.3, -0.25) is 4.79 Å². The van der Waals surface area contributed by atoms with E-state index in [2.05, 4.69) is 0 Å². The highest BCUT2D eigenvalue weighted by atomic mass is 16.6. The summed E-state index contributed by atoms with van der Waals surface area (Å²) < 4.78 is 17.4. The molecule has 1 aromatic rings. The van der Waals surface area contributed by atoms with Crippen LogP contribution in [0.3, 0.4) is 0 Å². The smallest absolute Gasteiger partial charge is 0.257 e. The van der Waals surface area contributed by atoms with E-state index in [1.807, 2.05) is 25.7 Å². The standard InChI is InChI=1S/C17H25NO4/c1-4-14-13(6-9-21-14)15(19)18-10-16(2,3)22-17(11-18)7-5-8-20-12-17/h6,9H,4-5,7-8,10-12H2,1-3H3. The number of hydrogen-bond donors (Lipinski definition) is 0.